The summed E-state index contributed by atoms with van der Waals surface area (Å²) in [6.45, 7) is 2.81. The zero-order valence-corrected chi connectivity index (χ0v) is 14.4. The Morgan fingerprint density at radius 1 is 1.39 bits per heavy atom. The number of para-hydroxylation sites is 1. The van der Waals surface area contributed by atoms with Gasteiger partial charge in [0.15, 0.2) is 9.84 Å². The van der Waals surface area contributed by atoms with E-state index in [0.29, 0.717) is 19.6 Å². The molecule has 0 spiro atoms. The fourth-order valence-corrected chi connectivity index (χ4v) is 4.40. The van der Waals surface area contributed by atoms with Crippen molar-refractivity contribution in [3.63, 3.8) is 0 Å². The van der Waals surface area contributed by atoms with Crippen LogP contribution in [-0.2, 0) is 16.3 Å². The molecule has 1 heterocycles. The quantitative estimate of drug-likeness (QED) is 0.796. The van der Waals surface area contributed by atoms with Gasteiger partial charge in [-0.1, -0.05) is 25.1 Å². The molecule has 1 aromatic carbocycles. The van der Waals surface area contributed by atoms with Gasteiger partial charge in [0.2, 0.25) is 0 Å². The Labute approximate surface area is 137 Å². The van der Waals surface area contributed by atoms with Crippen molar-refractivity contribution < 1.29 is 17.9 Å². The van der Waals surface area contributed by atoms with E-state index in [1.54, 1.807) is 7.05 Å². The van der Waals surface area contributed by atoms with E-state index < -0.39 is 9.84 Å². The van der Waals surface area contributed by atoms with Crippen molar-refractivity contribution in [2.75, 3.05) is 31.7 Å². The van der Waals surface area contributed by atoms with Crippen molar-refractivity contribution in [1.29, 1.82) is 0 Å². The predicted molar refractivity (Wildman–Crippen MR) is 89.5 cm³/mol. The topological polar surface area (TPSA) is 75.7 Å². The summed E-state index contributed by atoms with van der Waals surface area (Å²) in [4.78, 5) is 13.5. The Hall–Kier alpha value is -1.76. The van der Waals surface area contributed by atoms with Crippen LogP contribution in [0.15, 0.2) is 24.3 Å². The fraction of sp³-hybridized carbons (Fsp3) is 0.562. The van der Waals surface area contributed by atoms with E-state index in [9.17, 15) is 13.2 Å². The molecule has 0 aliphatic carbocycles. The van der Waals surface area contributed by atoms with Crippen LogP contribution in [-0.4, -0.2) is 57.1 Å². The first kappa shape index (κ1) is 17.6. The minimum Gasteiger partial charge on any atom is -0.491 e. The van der Waals surface area contributed by atoms with Gasteiger partial charge in [-0.05, 0) is 24.5 Å². The first-order valence-electron chi connectivity index (χ1n) is 7.84. The van der Waals surface area contributed by atoms with Gasteiger partial charge in [-0.25, -0.2) is 13.2 Å². The number of nitrogens with one attached hydrogen (secondary N) is 1. The molecule has 0 aromatic heterocycles. The predicted octanol–water partition coefficient (Wildman–Crippen LogP) is 1.46. The Bertz CT molecular complexity index is 645. The molecule has 1 aliphatic rings. The number of benzene rings is 1. The van der Waals surface area contributed by atoms with Crippen LogP contribution in [0, 0.1) is 0 Å². The molecular weight excluding hydrogens is 316 g/mol. The van der Waals surface area contributed by atoms with Gasteiger partial charge in [-0.15, -0.1) is 0 Å². The smallest absolute Gasteiger partial charge is 0.317 e. The van der Waals surface area contributed by atoms with E-state index >= 15 is 0 Å². The number of nitrogens with zero attached hydrogens (tertiary/aromatic N) is 1. The van der Waals surface area contributed by atoms with Crippen LogP contribution in [0.3, 0.4) is 0 Å². The van der Waals surface area contributed by atoms with Crippen LogP contribution >= 0.6 is 0 Å². The third-order valence-corrected chi connectivity index (χ3v) is 5.82. The van der Waals surface area contributed by atoms with Gasteiger partial charge in [0.05, 0.1) is 18.1 Å². The van der Waals surface area contributed by atoms with E-state index in [0.717, 1.165) is 17.7 Å². The second-order valence-electron chi connectivity index (χ2n) is 5.71. The normalized spacial score (nSPS) is 19.3. The molecular formula is C16H24N2O4S. The highest BCUT2D eigenvalue weighted by Gasteiger charge is 2.32. The third-order valence-electron chi connectivity index (χ3n) is 4.07. The molecule has 1 saturated heterocycles. The molecule has 1 unspecified atom stereocenters. The van der Waals surface area contributed by atoms with E-state index in [4.69, 9.17) is 4.74 Å². The number of hydrogen-bond donors (Lipinski definition) is 1. The van der Waals surface area contributed by atoms with Gasteiger partial charge in [-0.3, -0.25) is 0 Å². The van der Waals surface area contributed by atoms with Crippen LogP contribution in [0.1, 0.15) is 18.9 Å². The lowest BCUT2D eigenvalue weighted by Gasteiger charge is -2.23. The van der Waals surface area contributed by atoms with Crippen molar-refractivity contribution in [2.45, 2.75) is 25.8 Å². The number of amides is 2. The van der Waals surface area contributed by atoms with Crippen LogP contribution < -0.4 is 10.1 Å². The maximum Gasteiger partial charge on any atom is 0.317 e. The summed E-state index contributed by atoms with van der Waals surface area (Å²) in [7, 11) is -1.36. The highest BCUT2D eigenvalue weighted by molar-refractivity contribution is 7.91. The second-order valence-corrected chi connectivity index (χ2v) is 7.94. The molecule has 1 fully saturated rings. The SMILES string of the molecule is CCc1ccccc1OCCNC(=O)N(C)C1CCS(=O)(=O)C1. The zero-order valence-electron chi connectivity index (χ0n) is 13.6. The molecule has 7 heteroatoms. The lowest BCUT2D eigenvalue weighted by molar-refractivity contribution is 0.192. The van der Waals surface area contributed by atoms with E-state index in [2.05, 4.69) is 12.2 Å². The zero-order chi connectivity index (χ0) is 16.9. The first-order valence-corrected chi connectivity index (χ1v) is 9.67. The van der Waals surface area contributed by atoms with Crippen molar-refractivity contribution in [2.24, 2.45) is 0 Å². The molecule has 0 bridgehead atoms. The first-order chi connectivity index (χ1) is 10.9. The Kier molecular flexibility index (Phi) is 5.87. The Morgan fingerprint density at radius 3 is 2.78 bits per heavy atom. The van der Waals surface area contributed by atoms with Crippen LogP contribution in [0.4, 0.5) is 4.79 Å². The Balaban J connectivity index is 1.74. The van der Waals surface area contributed by atoms with Gasteiger partial charge in [0, 0.05) is 13.1 Å². The third kappa shape index (κ3) is 4.86. The number of ether oxygens (including phenoxy) is 1. The lowest BCUT2D eigenvalue weighted by atomic mass is 10.1. The minimum atomic E-state index is -2.99. The summed E-state index contributed by atoms with van der Waals surface area (Å²) < 4.78 is 28.6. The lowest BCUT2D eigenvalue weighted by Crippen LogP contribution is -2.45. The highest BCUT2D eigenvalue weighted by atomic mass is 32.2. The number of sulfone groups is 1. The molecule has 1 aromatic rings. The van der Waals surface area contributed by atoms with Crippen molar-refractivity contribution in [3.8, 4) is 5.75 Å². The standard InChI is InChI=1S/C16H24N2O4S/c1-3-13-6-4-5-7-15(13)22-10-9-17-16(19)18(2)14-8-11-23(20,21)12-14/h4-7,14H,3,8-12H2,1-2H3,(H,17,19). The number of carbonyl (C=O) groups is 1. The van der Waals surface area contributed by atoms with Gasteiger partial charge >= 0.3 is 6.03 Å². The monoisotopic (exact) mass is 340 g/mol. The summed E-state index contributed by atoms with van der Waals surface area (Å²) in [5.74, 6) is 1.04. The number of rotatable bonds is 6. The van der Waals surface area contributed by atoms with E-state index in [1.165, 1.54) is 4.90 Å². The molecule has 128 valence electrons. The summed E-state index contributed by atoms with van der Waals surface area (Å²) in [6, 6.07) is 7.32. The maximum atomic E-state index is 12.0. The van der Waals surface area contributed by atoms with Gasteiger partial charge in [0.1, 0.15) is 12.4 Å². The summed E-state index contributed by atoms with van der Waals surface area (Å²) in [5, 5.41) is 2.76. The van der Waals surface area contributed by atoms with Gasteiger partial charge in [-0.2, -0.15) is 0 Å². The summed E-state index contributed by atoms with van der Waals surface area (Å²) in [6.07, 6.45) is 1.40. The van der Waals surface area contributed by atoms with Crippen molar-refractivity contribution in [1.82, 2.24) is 10.2 Å². The maximum absolute atomic E-state index is 12.0. The van der Waals surface area contributed by atoms with Gasteiger partial charge in [0.25, 0.3) is 0 Å². The largest absolute Gasteiger partial charge is 0.491 e. The number of hydrogen-bond acceptors (Lipinski definition) is 4. The van der Waals surface area contributed by atoms with Crippen molar-refractivity contribution >= 4 is 15.9 Å². The number of aryl methyl sites for hydroxylation is 1. The molecule has 23 heavy (non-hydrogen) atoms. The number of carbonyl (C=O) groups excluding carboxylic acids is 1. The average Bonchev–Trinajstić information content (AvgIpc) is 2.91. The number of urea groups is 1. The molecule has 2 amide bonds. The average molecular weight is 340 g/mol. The molecule has 2 rings (SSSR count). The summed E-state index contributed by atoms with van der Waals surface area (Å²) >= 11 is 0. The molecule has 1 atom stereocenters. The van der Waals surface area contributed by atoms with Gasteiger partial charge < -0.3 is 15.0 Å². The second kappa shape index (κ2) is 7.68. The van der Waals surface area contributed by atoms with Crippen LogP contribution in [0.2, 0.25) is 0 Å². The van der Waals surface area contributed by atoms with E-state index in [1.807, 2.05) is 24.3 Å². The Morgan fingerprint density at radius 2 is 2.13 bits per heavy atom. The molecule has 0 radical (unpaired) electrons. The summed E-state index contributed by atoms with van der Waals surface area (Å²) in [5.41, 5.74) is 1.13. The highest BCUT2D eigenvalue weighted by Crippen LogP contribution is 2.18. The minimum absolute atomic E-state index is 0.0529. The van der Waals surface area contributed by atoms with E-state index in [-0.39, 0.29) is 23.6 Å². The molecule has 1 aliphatic heterocycles. The fourth-order valence-electron chi connectivity index (χ4n) is 2.63. The molecule has 0 saturated carbocycles. The van der Waals surface area contributed by atoms with Crippen LogP contribution in [0.5, 0.6) is 5.75 Å². The molecule has 1 N–H and O–H groups in total. The van der Waals surface area contributed by atoms with Crippen LogP contribution in [0.25, 0.3) is 0 Å². The molecule has 6 nitrogen and oxygen atoms in total. The van der Waals surface area contributed by atoms with Crippen molar-refractivity contribution in [3.05, 3.63) is 29.8 Å².